The predicted molar refractivity (Wildman–Crippen MR) is 87.2 cm³/mol. The molecule has 0 saturated heterocycles. The Labute approximate surface area is 122 Å². The molecule has 0 saturated carbocycles. The molecule has 0 bridgehead atoms. The maximum Gasteiger partial charge on any atom is 0.0411 e. The minimum atomic E-state index is 1.07. The molecule has 0 atom stereocenters. The fraction of sp³-hybridized carbons (Fsp3) is 0.316. The fourth-order valence-corrected chi connectivity index (χ4v) is 3.04. The highest BCUT2D eigenvalue weighted by Gasteiger charge is 2.22. The van der Waals surface area contributed by atoms with Crippen molar-refractivity contribution in [1.82, 2.24) is 0 Å². The van der Waals surface area contributed by atoms with Crippen molar-refractivity contribution in [3.8, 4) is 11.1 Å². The first kappa shape index (κ1) is 13.2. The Hall–Kier alpha value is -1.76. The van der Waals surface area contributed by atoms with Gasteiger partial charge in [-0.1, -0.05) is 49.7 Å². The molecule has 0 heterocycles. The molecule has 0 amide bonds. The van der Waals surface area contributed by atoms with Crippen LogP contribution in [-0.4, -0.2) is 13.1 Å². The van der Waals surface area contributed by atoms with E-state index in [-0.39, 0.29) is 0 Å². The molecule has 0 aliphatic heterocycles. The molecule has 1 heteroatoms. The van der Waals surface area contributed by atoms with Gasteiger partial charge in [-0.25, -0.2) is 0 Å². The molecule has 20 heavy (non-hydrogen) atoms. The molecule has 0 aromatic heterocycles. The van der Waals surface area contributed by atoms with Crippen molar-refractivity contribution < 1.29 is 0 Å². The lowest BCUT2D eigenvalue weighted by atomic mass is 10.0. The molecule has 1 nitrogen and oxygen atoms in total. The predicted octanol–water partition coefficient (Wildman–Crippen LogP) is 4.89. The maximum atomic E-state index is 2.50. The Balaban J connectivity index is 2.00. The normalized spacial score (nSPS) is 12.1. The second kappa shape index (κ2) is 5.70. The molecule has 0 N–H and O–H groups in total. The van der Waals surface area contributed by atoms with Gasteiger partial charge in [-0.05, 0) is 41.7 Å². The number of benzene rings is 2. The summed E-state index contributed by atoms with van der Waals surface area (Å²) in [6, 6.07) is 15.4. The van der Waals surface area contributed by atoms with E-state index >= 15 is 0 Å². The highest BCUT2D eigenvalue weighted by Crippen LogP contribution is 2.42. The molecule has 103 valence electrons. The van der Waals surface area contributed by atoms with Crippen LogP contribution in [0, 0.1) is 6.42 Å². The van der Waals surface area contributed by atoms with Crippen LogP contribution in [0.5, 0.6) is 0 Å². The van der Waals surface area contributed by atoms with Gasteiger partial charge in [-0.2, -0.15) is 0 Å². The summed E-state index contributed by atoms with van der Waals surface area (Å²) in [5.74, 6) is 0. The van der Waals surface area contributed by atoms with Crippen LogP contribution < -0.4 is 4.90 Å². The number of anilines is 1. The number of rotatable bonds is 5. The van der Waals surface area contributed by atoms with E-state index in [1.165, 1.54) is 40.8 Å². The summed E-state index contributed by atoms with van der Waals surface area (Å²) in [4.78, 5) is 2.50. The Kier molecular flexibility index (Phi) is 3.77. The molecule has 0 unspecified atom stereocenters. The smallest absolute Gasteiger partial charge is 0.0411 e. The highest BCUT2D eigenvalue weighted by molar-refractivity contribution is 5.86. The lowest BCUT2D eigenvalue weighted by Crippen LogP contribution is -2.24. The van der Waals surface area contributed by atoms with Crippen LogP contribution in [0.1, 0.15) is 37.8 Å². The number of hydrogen-bond acceptors (Lipinski definition) is 1. The van der Waals surface area contributed by atoms with Gasteiger partial charge in [0.1, 0.15) is 0 Å². The van der Waals surface area contributed by atoms with Crippen LogP contribution in [0.2, 0.25) is 0 Å². The van der Waals surface area contributed by atoms with E-state index < -0.39 is 0 Å². The second-order valence-electron chi connectivity index (χ2n) is 5.40. The first-order valence-electron chi connectivity index (χ1n) is 7.67. The summed E-state index contributed by atoms with van der Waals surface area (Å²) in [5.41, 5.74) is 6.88. The summed E-state index contributed by atoms with van der Waals surface area (Å²) < 4.78 is 0. The molecular weight excluding hydrogens is 242 g/mol. The first-order valence-corrected chi connectivity index (χ1v) is 7.67. The average molecular weight is 264 g/mol. The van der Waals surface area contributed by atoms with Gasteiger partial charge >= 0.3 is 0 Å². The molecule has 1 aliphatic rings. The largest absolute Gasteiger partial charge is 0.372 e. The third-order valence-corrected chi connectivity index (χ3v) is 4.14. The molecule has 3 rings (SSSR count). The zero-order valence-electron chi connectivity index (χ0n) is 12.4. The van der Waals surface area contributed by atoms with Crippen LogP contribution in [-0.2, 0) is 0 Å². The van der Waals surface area contributed by atoms with Crippen LogP contribution >= 0.6 is 0 Å². The molecule has 1 aliphatic carbocycles. The minimum absolute atomic E-state index is 1.07. The highest BCUT2D eigenvalue weighted by atomic mass is 15.1. The lowest BCUT2D eigenvalue weighted by molar-refractivity contribution is 0.731. The number of hydrogen-bond donors (Lipinski definition) is 0. The zero-order chi connectivity index (χ0) is 13.9. The topological polar surface area (TPSA) is 3.24 Å². The molecule has 1 radical (unpaired) electrons. The fourth-order valence-electron chi connectivity index (χ4n) is 3.04. The third-order valence-electron chi connectivity index (χ3n) is 4.14. The van der Waals surface area contributed by atoms with E-state index in [9.17, 15) is 0 Å². The summed E-state index contributed by atoms with van der Waals surface area (Å²) in [5, 5.41) is 0. The van der Waals surface area contributed by atoms with E-state index in [1.807, 2.05) is 0 Å². The monoisotopic (exact) mass is 264 g/mol. The Morgan fingerprint density at radius 1 is 0.900 bits per heavy atom. The minimum Gasteiger partial charge on any atom is -0.372 e. The molecule has 0 fully saturated rings. The van der Waals surface area contributed by atoms with Crippen LogP contribution in [0.15, 0.2) is 42.5 Å². The second-order valence-corrected chi connectivity index (χ2v) is 5.40. The van der Waals surface area contributed by atoms with Gasteiger partial charge in [0.2, 0.25) is 0 Å². The third kappa shape index (κ3) is 2.22. The van der Waals surface area contributed by atoms with Crippen LogP contribution in [0.25, 0.3) is 11.1 Å². The number of unbranched alkanes of at least 4 members (excludes halogenated alkanes) is 1. The number of nitrogens with zero attached hydrogens (tertiary/aromatic N) is 1. The van der Waals surface area contributed by atoms with Crippen molar-refractivity contribution in [3.63, 3.8) is 0 Å². The van der Waals surface area contributed by atoms with Crippen molar-refractivity contribution >= 4 is 5.69 Å². The SMILES string of the molecule is CCCCN(CC)c1cccc2c1[CH]c1ccccc1-2. The Morgan fingerprint density at radius 2 is 1.70 bits per heavy atom. The van der Waals surface area contributed by atoms with E-state index in [1.54, 1.807) is 0 Å². The van der Waals surface area contributed by atoms with Crippen molar-refractivity contribution in [2.24, 2.45) is 0 Å². The van der Waals surface area contributed by atoms with Gasteiger partial charge in [0.25, 0.3) is 0 Å². The Morgan fingerprint density at radius 3 is 2.50 bits per heavy atom. The molecule has 0 spiro atoms. The standard InChI is InChI=1S/C19H22N/c1-3-5-13-20(4-2)19-12-8-11-17-16-10-7-6-9-15(16)14-18(17)19/h6-12,14H,3-5,13H2,1-2H3. The van der Waals surface area contributed by atoms with Crippen molar-refractivity contribution in [2.75, 3.05) is 18.0 Å². The van der Waals surface area contributed by atoms with E-state index in [0.717, 1.165) is 13.1 Å². The summed E-state index contributed by atoms with van der Waals surface area (Å²) in [7, 11) is 0. The van der Waals surface area contributed by atoms with Gasteiger partial charge in [-0.15, -0.1) is 0 Å². The zero-order valence-corrected chi connectivity index (χ0v) is 12.4. The van der Waals surface area contributed by atoms with Crippen molar-refractivity contribution in [1.29, 1.82) is 0 Å². The molecule has 2 aromatic carbocycles. The average Bonchev–Trinajstić information content (AvgIpc) is 2.87. The van der Waals surface area contributed by atoms with Gasteiger partial charge < -0.3 is 4.90 Å². The van der Waals surface area contributed by atoms with Gasteiger partial charge in [0.05, 0.1) is 0 Å². The molecule has 2 aromatic rings. The number of fused-ring (bicyclic) bond motifs is 3. The van der Waals surface area contributed by atoms with E-state index in [2.05, 4.69) is 67.6 Å². The summed E-state index contributed by atoms with van der Waals surface area (Å²) >= 11 is 0. The van der Waals surface area contributed by atoms with Crippen LogP contribution in [0.3, 0.4) is 0 Å². The maximum absolute atomic E-state index is 2.50. The van der Waals surface area contributed by atoms with Crippen LogP contribution in [0.4, 0.5) is 5.69 Å². The molecular formula is C19H22N. The quantitative estimate of drug-likeness (QED) is 0.634. The van der Waals surface area contributed by atoms with E-state index in [4.69, 9.17) is 0 Å². The van der Waals surface area contributed by atoms with Crippen molar-refractivity contribution in [2.45, 2.75) is 26.7 Å². The summed E-state index contributed by atoms with van der Waals surface area (Å²) in [6.07, 6.45) is 4.84. The van der Waals surface area contributed by atoms with Gasteiger partial charge in [0.15, 0.2) is 0 Å². The van der Waals surface area contributed by atoms with E-state index in [0.29, 0.717) is 0 Å². The van der Waals surface area contributed by atoms with Gasteiger partial charge in [-0.3, -0.25) is 0 Å². The first-order chi connectivity index (χ1) is 9.85. The van der Waals surface area contributed by atoms with Gasteiger partial charge in [0, 0.05) is 25.2 Å². The van der Waals surface area contributed by atoms with Crippen molar-refractivity contribution in [3.05, 3.63) is 60.0 Å². The lowest BCUT2D eigenvalue weighted by Gasteiger charge is -2.25. The summed E-state index contributed by atoms with van der Waals surface area (Å²) in [6.45, 7) is 6.72. The Bertz CT molecular complexity index is 600.